The van der Waals surface area contributed by atoms with Gasteiger partial charge in [0.05, 0.1) is 19.8 Å². The number of carbonyl (C=O) groups excluding carboxylic acids is 1. The Morgan fingerprint density at radius 3 is 1.65 bits per heavy atom. The van der Waals surface area contributed by atoms with Gasteiger partial charge in [0.25, 0.3) is 0 Å². The molecule has 0 spiro atoms. The number of rotatable bonds is 19. The highest BCUT2D eigenvalue weighted by Crippen LogP contribution is 2.39. The predicted molar refractivity (Wildman–Crippen MR) is 160 cm³/mol. The largest absolute Gasteiger partial charge is 0.496 e. The zero-order valence-electron chi connectivity index (χ0n) is 26.4. The molecule has 0 amide bonds. The van der Waals surface area contributed by atoms with Crippen molar-refractivity contribution in [2.24, 2.45) is 23.2 Å². The SMILES string of the molecule is COc1c(C)c(C)c(OC)c(C(=O)CCCC(C)(C)CCCC(C)CCCC(C)CCCC(C)C)c1C. The molecule has 3 heteroatoms. The van der Waals surface area contributed by atoms with Crippen LogP contribution in [0.5, 0.6) is 11.5 Å². The Morgan fingerprint density at radius 2 is 1.14 bits per heavy atom. The molecule has 0 aliphatic rings. The average molecular weight is 517 g/mol. The van der Waals surface area contributed by atoms with Crippen molar-refractivity contribution < 1.29 is 14.3 Å². The van der Waals surface area contributed by atoms with Crippen LogP contribution in [-0.2, 0) is 0 Å². The van der Waals surface area contributed by atoms with E-state index in [1.807, 2.05) is 20.8 Å². The summed E-state index contributed by atoms with van der Waals surface area (Å²) in [6.07, 6.45) is 14.7. The molecule has 0 bridgehead atoms. The van der Waals surface area contributed by atoms with E-state index < -0.39 is 0 Å². The maximum absolute atomic E-state index is 13.3. The topological polar surface area (TPSA) is 35.5 Å². The van der Waals surface area contributed by atoms with Crippen molar-refractivity contribution in [3.63, 3.8) is 0 Å². The van der Waals surface area contributed by atoms with Crippen LogP contribution in [0.3, 0.4) is 0 Å². The van der Waals surface area contributed by atoms with Gasteiger partial charge in [-0.3, -0.25) is 4.79 Å². The van der Waals surface area contributed by atoms with E-state index in [-0.39, 0.29) is 11.2 Å². The van der Waals surface area contributed by atoms with Crippen LogP contribution in [0.4, 0.5) is 0 Å². The van der Waals surface area contributed by atoms with Gasteiger partial charge in [-0.25, -0.2) is 0 Å². The summed E-state index contributed by atoms with van der Waals surface area (Å²) in [6.45, 7) is 20.3. The van der Waals surface area contributed by atoms with Gasteiger partial charge in [0.15, 0.2) is 5.78 Å². The standard InChI is InChI=1S/C34H60O3/c1-24(2)16-12-17-25(3)18-13-19-26(4)20-14-22-34(8,9)23-15-21-30(35)31-29(7)32(36-10)27(5)28(6)33(31)37-11/h24-26H,12-23H2,1-11H3. The molecule has 1 aromatic carbocycles. The number of hydrogen-bond acceptors (Lipinski definition) is 3. The van der Waals surface area contributed by atoms with Crippen LogP contribution in [0.25, 0.3) is 0 Å². The second kappa shape index (κ2) is 16.5. The van der Waals surface area contributed by atoms with E-state index in [9.17, 15) is 4.79 Å². The van der Waals surface area contributed by atoms with E-state index in [1.54, 1.807) is 14.2 Å². The zero-order valence-corrected chi connectivity index (χ0v) is 26.4. The van der Waals surface area contributed by atoms with E-state index in [1.165, 1.54) is 57.8 Å². The Kier molecular flexibility index (Phi) is 14.9. The Bertz CT molecular complexity index is 821. The monoisotopic (exact) mass is 516 g/mol. The summed E-state index contributed by atoms with van der Waals surface area (Å²) in [7, 11) is 3.33. The molecule has 37 heavy (non-hydrogen) atoms. The highest BCUT2D eigenvalue weighted by atomic mass is 16.5. The lowest BCUT2D eigenvalue weighted by Gasteiger charge is -2.25. The number of ether oxygens (including phenoxy) is 2. The van der Waals surface area contributed by atoms with Gasteiger partial charge in [0.1, 0.15) is 11.5 Å². The molecule has 2 unspecified atom stereocenters. The van der Waals surface area contributed by atoms with Gasteiger partial charge in [0, 0.05) is 12.0 Å². The lowest BCUT2D eigenvalue weighted by Crippen LogP contribution is -2.14. The third-order valence-corrected chi connectivity index (χ3v) is 8.55. The van der Waals surface area contributed by atoms with Crippen molar-refractivity contribution >= 4 is 5.78 Å². The first-order valence-electron chi connectivity index (χ1n) is 15.1. The molecule has 214 valence electrons. The Labute approximate surface area is 230 Å². The number of hydrogen-bond donors (Lipinski definition) is 0. The Balaban J connectivity index is 2.44. The zero-order chi connectivity index (χ0) is 28.2. The highest BCUT2D eigenvalue weighted by molar-refractivity contribution is 6.01. The van der Waals surface area contributed by atoms with Gasteiger partial charge < -0.3 is 9.47 Å². The van der Waals surface area contributed by atoms with Crippen molar-refractivity contribution in [3.05, 3.63) is 22.3 Å². The fourth-order valence-corrected chi connectivity index (χ4v) is 5.87. The van der Waals surface area contributed by atoms with Gasteiger partial charge in [-0.05, 0) is 74.3 Å². The summed E-state index contributed by atoms with van der Waals surface area (Å²) in [5.74, 6) is 4.21. The van der Waals surface area contributed by atoms with Crippen molar-refractivity contribution in [1.29, 1.82) is 0 Å². The van der Waals surface area contributed by atoms with Gasteiger partial charge in [-0.1, -0.05) is 92.9 Å². The maximum atomic E-state index is 13.3. The minimum absolute atomic E-state index is 0.165. The lowest BCUT2D eigenvalue weighted by atomic mass is 9.80. The first-order valence-corrected chi connectivity index (χ1v) is 15.1. The quantitative estimate of drug-likeness (QED) is 0.172. The molecule has 3 nitrogen and oxygen atoms in total. The molecule has 0 N–H and O–H groups in total. The third kappa shape index (κ3) is 11.4. The highest BCUT2D eigenvalue weighted by Gasteiger charge is 2.24. The number of benzene rings is 1. The Morgan fingerprint density at radius 1 is 0.676 bits per heavy atom. The Hall–Kier alpha value is -1.51. The lowest BCUT2D eigenvalue weighted by molar-refractivity contribution is 0.0970. The summed E-state index contributed by atoms with van der Waals surface area (Å²) < 4.78 is 11.3. The summed E-state index contributed by atoms with van der Waals surface area (Å²) in [5.41, 5.74) is 3.89. The van der Waals surface area contributed by atoms with Crippen LogP contribution < -0.4 is 9.47 Å². The molecule has 1 rings (SSSR count). The van der Waals surface area contributed by atoms with E-state index in [0.29, 0.717) is 17.7 Å². The normalized spacial score (nSPS) is 13.6. The van der Waals surface area contributed by atoms with E-state index >= 15 is 0 Å². The van der Waals surface area contributed by atoms with Crippen LogP contribution >= 0.6 is 0 Å². The molecule has 0 aliphatic carbocycles. The van der Waals surface area contributed by atoms with Gasteiger partial charge >= 0.3 is 0 Å². The van der Waals surface area contributed by atoms with E-state index in [0.717, 1.165) is 53.0 Å². The van der Waals surface area contributed by atoms with Gasteiger partial charge in [0.2, 0.25) is 0 Å². The second-order valence-corrected chi connectivity index (χ2v) is 13.1. The molecule has 0 saturated carbocycles. The van der Waals surface area contributed by atoms with Crippen molar-refractivity contribution in [1.82, 2.24) is 0 Å². The minimum atomic E-state index is 0.165. The molecular formula is C34H60O3. The van der Waals surface area contributed by atoms with Crippen LogP contribution in [0.1, 0.15) is 146 Å². The number of carbonyl (C=O) groups is 1. The van der Waals surface area contributed by atoms with Crippen LogP contribution in [0.15, 0.2) is 0 Å². The molecule has 1 aromatic rings. The molecule has 0 radical (unpaired) electrons. The summed E-state index contributed by atoms with van der Waals surface area (Å²) >= 11 is 0. The number of ketones is 1. The summed E-state index contributed by atoms with van der Waals surface area (Å²) in [5, 5.41) is 0. The molecule has 0 aliphatic heterocycles. The number of Topliss-reactive ketones (excluding diaryl/α,β-unsaturated/α-hetero) is 1. The fourth-order valence-electron chi connectivity index (χ4n) is 5.87. The van der Waals surface area contributed by atoms with E-state index in [4.69, 9.17) is 9.47 Å². The molecule has 0 aromatic heterocycles. The van der Waals surface area contributed by atoms with Gasteiger partial charge in [-0.15, -0.1) is 0 Å². The molecule has 2 atom stereocenters. The predicted octanol–water partition coefficient (Wildman–Crippen LogP) is 10.4. The first-order chi connectivity index (χ1) is 17.3. The second-order valence-electron chi connectivity index (χ2n) is 13.1. The molecule has 0 fully saturated rings. The number of methoxy groups -OCH3 is 2. The molecular weight excluding hydrogens is 456 g/mol. The summed E-state index contributed by atoms with van der Waals surface area (Å²) in [4.78, 5) is 13.3. The summed E-state index contributed by atoms with van der Waals surface area (Å²) in [6, 6.07) is 0. The fraction of sp³-hybridized carbons (Fsp3) is 0.794. The van der Waals surface area contributed by atoms with Gasteiger partial charge in [-0.2, -0.15) is 0 Å². The first kappa shape index (κ1) is 33.5. The minimum Gasteiger partial charge on any atom is -0.496 e. The average Bonchev–Trinajstić information content (AvgIpc) is 2.81. The van der Waals surface area contributed by atoms with Crippen LogP contribution in [0.2, 0.25) is 0 Å². The molecule has 0 heterocycles. The van der Waals surface area contributed by atoms with E-state index in [2.05, 4.69) is 41.5 Å². The van der Waals surface area contributed by atoms with Crippen molar-refractivity contribution in [2.75, 3.05) is 14.2 Å². The maximum Gasteiger partial charge on any atom is 0.167 e. The molecule has 0 saturated heterocycles. The van der Waals surface area contributed by atoms with Crippen molar-refractivity contribution in [3.8, 4) is 11.5 Å². The third-order valence-electron chi connectivity index (χ3n) is 8.55. The van der Waals surface area contributed by atoms with Crippen LogP contribution in [0, 0.1) is 43.9 Å². The van der Waals surface area contributed by atoms with Crippen molar-refractivity contribution in [2.45, 2.75) is 139 Å². The van der Waals surface area contributed by atoms with Crippen LogP contribution in [-0.4, -0.2) is 20.0 Å². The smallest absolute Gasteiger partial charge is 0.167 e.